The van der Waals surface area contributed by atoms with Gasteiger partial charge in [0, 0.05) is 26.5 Å². The Morgan fingerprint density at radius 3 is 1.50 bits per heavy atom. The van der Waals surface area contributed by atoms with Crippen LogP contribution in [0.25, 0.3) is 0 Å². The van der Waals surface area contributed by atoms with Crippen molar-refractivity contribution in [3.05, 3.63) is 72.6 Å². The summed E-state index contributed by atoms with van der Waals surface area (Å²) in [5.41, 5.74) is 1.28. The normalized spacial score (nSPS) is 11.2. The van der Waals surface area contributed by atoms with Gasteiger partial charge in [0.2, 0.25) is 0 Å². The fourth-order valence-electron chi connectivity index (χ4n) is 1.98. The van der Waals surface area contributed by atoms with E-state index in [-0.39, 0.29) is 0 Å². The van der Waals surface area contributed by atoms with Gasteiger partial charge in [-0.3, -0.25) is 20.0 Å². The van der Waals surface area contributed by atoms with Crippen LogP contribution in [0.1, 0.15) is 11.4 Å². The lowest BCUT2D eigenvalue weighted by atomic mass is 10.4. The van der Waals surface area contributed by atoms with E-state index in [1.807, 2.05) is 50.5 Å². The molecule has 0 bridgehead atoms. The minimum Gasteiger partial charge on any atom is -0.251 e. The Kier molecular flexibility index (Phi) is 5.56. The third kappa shape index (κ3) is 4.67. The number of nitrogens with zero attached hydrogens (tertiary/aromatic N) is 8. The molecule has 3 rings (SSSR count). The van der Waals surface area contributed by atoms with E-state index in [1.165, 1.54) is 0 Å². The molecule has 0 unspecified atom stereocenters. The minimum absolute atomic E-state index is 0.642. The zero-order valence-corrected chi connectivity index (χ0v) is 14.5. The quantitative estimate of drug-likeness (QED) is 0.503. The Labute approximate surface area is 151 Å². The third-order valence-corrected chi connectivity index (χ3v) is 3.38. The number of hydrogen-bond donors (Lipinski definition) is 0. The van der Waals surface area contributed by atoms with Crippen LogP contribution >= 0.6 is 0 Å². The molecule has 26 heavy (non-hydrogen) atoms. The summed E-state index contributed by atoms with van der Waals surface area (Å²) in [7, 11) is 3.64. The topological polar surface area (TPSA) is 82.8 Å². The largest absolute Gasteiger partial charge is 0.251 e. The molecule has 8 heteroatoms. The van der Waals surface area contributed by atoms with Crippen LogP contribution in [0.3, 0.4) is 0 Å². The highest BCUT2D eigenvalue weighted by Crippen LogP contribution is 2.07. The Hall–Kier alpha value is -3.68. The smallest absolute Gasteiger partial charge is 0.148 e. The number of anilines is 2. The van der Waals surface area contributed by atoms with E-state index in [9.17, 15) is 0 Å². The van der Waals surface area contributed by atoms with Crippen LogP contribution in [0.4, 0.5) is 11.6 Å². The van der Waals surface area contributed by atoms with Crippen LogP contribution in [-0.2, 0) is 0 Å². The first-order valence-electron chi connectivity index (χ1n) is 7.92. The van der Waals surface area contributed by atoms with Gasteiger partial charge in [-0.25, -0.2) is 9.97 Å². The molecule has 0 aromatic carbocycles. The van der Waals surface area contributed by atoms with E-state index in [2.05, 4.69) is 30.1 Å². The highest BCUT2D eigenvalue weighted by Gasteiger charge is 2.00. The molecule has 0 aliphatic heterocycles. The molecule has 0 aliphatic carbocycles. The molecule has 0 radical (unpaired) electrons. The van der Waals surface area contributed by atoms with Gasteiger partial charge in [0.15, 0.2) is 0 Å². The predicted molar refractivity (Wildman–Crippen MR) is 103 cm³/mol. The molecule has 0 saturated carbocycles. The summed E-state index contributed by atoms with van der Waals surface area (Å²) < 4.78 is 0. The van der Waals surface area contributed by atoms with Gasteiger partial charge >= 0.3 is 0 Å². The van der Waals surface area contributed by atoms with Gasteiger partial charge in [0.25, 0.3) is 0 Å². The van der Waals surface area contributed by atoms with Crippen LogP contribution in [0.15, 0.2) is 71.4 Å². The molecular formula is C18H18N8. The summed E-state index contributed by atoms with van der Waals surface area (Å²) in [4.78, 5) is 17.1. The molecule has 0 spiro atoms. The van der Waals surface area contributed by atoms with Crippen molar-refractivity contribution < 1.29 is 0 Å². The maximum Gasteiger partial charge on any atom is 0.148 e. The fraction of sp³-hybridized carbons (Fsp3) is 0.111. The van der Waals surface area contributed by atoms with Crippen LogP contribution in [0, 0.1) is 0 Å². The fourth-order valence-corrected chi connectivity index (χ4v) is 1.98. The van der Waals surface area contributed by atoms with Gasteiger partial charge in [-0.1, -0.05) is 12.1 Å². The summed E-state index contributed by atoms with van der Waals surface area (Å²) in [6.07, 6.45) is 9.97. The van der Waals surface area contributed by atoms with E-state index in [1.54, 1.807) is 47.2 Å². The molecule has 3 aromatic heterocycles. The number of hydrazone groups is 2. The Morgan fingerprint density at radius 1 is 0.692 bits per heavy atom. The summed E-state index contributed by atoms with van der Waals surface area (Å²) in [6, 6.07) is 11.3. The maximum atomic E-state index is 4.31. The molecule has 3 aromatic rings. The Bertz CT molecular complexity index is 788. The van der Waals surface area contributed by atoms with Crippen molar-refractivity contribution in [3.63, 3.8) is 0 Å². The van der Waals surface area contributed by atoms with Gasteiger partial charge in [0.1, 0.15) is 23.0 Å². The Morgan fingerprint density at radius 2 is 1.15 bits per heavy atom. The molecule has 0 N–H and O–H groups in total. The molecular weight excluding hydrogens is 328 g/mol. The van der Waals surface area contributed by atoms with Gasteiger partial charge in [-0.2, -0.15) is 10.2 Å². The van der Waals surface area contributed by atoms with Crippen molar-refractivity contribution >= 4 is 24.1 Å². The van der Waals surface area contributed by atoms with Crippen LogP contribution in [-0.4, -0.2) is 46.5 Å². The summed E-state index contributed by atoms with van der Waals surface area (Å²) in [5.74, 6) is 1.50. The molecule has 0 amide bonds. The average molecular weight is 346 g/mol. The van der Waals surface area contributed by atoms with E-state index in [0.717, 1.165) is 11.6 Å². The number of hydrogen-bond acceptors (Lipinski definition) is 8. The van der Waals surface area contributed by atoms with E-state index >= 15 is 0 Å². The van der Waals surface area contributed by atoms with Crippen LogP contribution in [0.2, 0.25) is 0 Å². The van der Waals surface area contributed by atoms with E-state index < -0.39 is 0 Å². The second-order valence-corrected chi connectivity index (χ2v) is 5.28. The van der Waals surface area contributed by atoms with Crippen molar-refractivity contribution in [3.8, 4) is 0 Å². The highest BCUT2D eigenvalue weighted by molar-refractivity contribution is 5.80. The van der Waals surface area contributed by atoms with Gasteiger partial charge < -0.3 is 0 Å². The lowest BCUT2D eigenvalue weighted by Gasteiger charge is -2.10. The summed E-state index contributed by atoms with van der Waals surface area (Å²) >= 11 is 0. The third-order valence-electron chi connectivity index (χ3n) is 3.38. The molecule has 0 aliphatic rings. The van der Waals surface area contributed by atoms with Crippen molar-refractivity contribution in [1.29, 1.82) is 0 Å². The van der Waals surface area contributed by atoms with Crippen molar-refractivity contribution in [1.82, 2.24) is 19.9 Å². The minimum atomic E-state index is 0.642. The molecule has 0 fully saturated rings. The van der Waals surface area contributed by atoms with Gasteiger partial charge in [-0.05, 0) is 24.3 Å². The first-order chi connectivity index (χ1) is 12.7. The summed E-state index contributed by atoms with van der Waals surface area (Å²) in [5, 5.41) is 11.9. The lowest BCUT2D eigenvalue weighted by Crippen LogP contribution is -2.11. The van der Waals surface area contributed by atoms with Gasteiger partial charge in [0.05, 0.1) is 24.8 Å². The number of rotatable bonds is 6. The van der Waals surface area contributed by atoms with Crippen LogP contribution < -0.4 is 10.0 Å². The molecule has 3 heterocycles. The predicted octanol–water partition coefficient (Wildman–Crippen LogP) is 2.21. The monoisotopic (exact) mass is 346 g/mol. The first kappa shape index (κ1) is 17.2. The Balaban J connectivity index is 1.61. The van der Waals surface area contributed by atoms with Crippen LogP contribution in [0.5, 0.6) is 0 Å². The summed E-state index contributed by atoms with van der Waals surface area (Å²) in [6.45, 7) is 0. The van der Waals surface area contributed by atoms with Gasteiger partial charge in [-0.15, -0.1) is 0 Å². The highest BCUT2D eigenvalue weighted by atomic mass is 15.5. The zero-order valence-electron chi connectivity index (χ0n) is 14.5. The zero-order chi connectivity index (χ0) is 18.2. The number of pyridine rings is 2. The number of aromatic nitrogens is 4. The molecule has 130 valence electrons. The van der Waals surface area contributed by atoms with E-state index in [0.29, 0.717) is 11.4 Å². The molecule has 0 atom stereocenters. The van der Waals surface area contributed by atoms with E-state index in [4.69, 9.17) is 0 Å². The average Bonchev–Trinajstić information content (AvgIpc) is 2.72. The maximum absolute atomic E-state index is 4.31. The second kappa shape index (κ2) is 8.43. The molecule has 8 nitrogen and oxygen atoms in total. The standard InChI is InChI=1S/C18H18N8/c1-25(17-7-3-5-9-19-17)23-13-15-11-22-16(12-21-15)14-24-26(2)18-8-4-6-10-20-18/h3-14H,1-2H3/b23-13+,24-14+. The van der Waals surface area contributed by atoms with Crippen molar-refractivity contribution in [2.75, 3.05) is 24.1 Å². The first-order valence-corrected chi connectivity index (χ1v) is 7.92. The SMILES string of the molecule is CN(/N=C/c1cnc(/C=N/N(C)c2ccccn2)cn1)c1ccccn1. The lowest BCUT2D eigenvalue weighted by molar-refractivity contribution is 0.977. The van der Waals surface area contributed by atoms with Crippen molar-refractivity contribution in [2.45, 2.75) is 0 Å². The second-order valence-electron chi connectivity index (χ2n) is 5.28. The molecule has 0 saturated heterocycles. The van der Waals surface area contributed by atoms with Crippen molar-refractivity contribution in [2.24, 2.45) is 10.2 Å².